The number of aromatic nitrogens is 3. The molecular weight excluding hydrogens is 436 g/mol. The van der Waals surface area contributed by atoms with E-state index in [1.165, 1.54) is 23.7 Å². The van der Waals surface area contributed by atoms with Crippen LogP contribution in [-0.2, 0) is 24.4 Å². The van der Waals surface area contributed by atoms with Crippen LogP contribution in [0, 0.1) is 0 Å². The average Bonchev–Trinajstić information content (AvgIpc) is 3.27. The fourth-order valence-electron chi connectivity index (χ4n) is 3.88. The van der Waals surface area contributed by atoms with Crippen LogP contribution in [0.25, 0.3) is 0 Å². The molecule has 0 bridgehead atoms. The van der Waals surface area contributed by atoms with Gasteiger partial charge in [0.15, 0.2) is 22.5 Å². The smallest absolute Gasteiger partial charge is 0.233 e. The summed E-state index contributed by atoms with van der Waals surface area (Å²) < 4.78 is 13.5. The molecule has 2 heterocycles. The second kappa shape index (κ2) is 11.7. The van der Waals surface area contributed by atoms with Crippen molar-refractivity contribution in [3.05, 3.63) is 66.0 Å². The molecule has 8 heteroatoms. The molecule has 0 aliphatic carbocycles. The lowest BCUT2D eigenvalue weighted by Crippen LogP contribution is -2.36. The zero-order valence-corrected chi connectivity index (χ0v) is 19.8. The lowest BCUT2D eigenvalue weighted by Gasteiger charge is -2.26. The predicted octanol–water partition coefficient (Wildman–Crippen LogP) is 4.21. The summed E-state index contributed by atoms with van der Waals surface area (Å²) in [5, 5.41) is 9.53. The van der Waals surface area contributed by atoms with Crippen molar-refractivity contribution in [3.63, 3.8) is 0 Å². The van der Waals surface area contributed by atoms with Gasteiger partial charge in [-0.25, -0.2) is 0 Å². The van der Waals surface area contributed by atoms with Gasteiger partial charge < -0.3 is 18.9 Å². The van der Waals surface area contributed by atoms with E-state index >= 15 is 0 Å². The molecule has 0 N–H and O–H groups in total. The summed E-state index contributed by atoms with van der Waals surface area (Å²) >= 11 is 1.45. The highest BCUT2D eigenvalue weighted by molar-refractivity contribution is 7.99. The number of hydrogen-bond donors (Lipinski definition) is 0. The molecule has 1 fully saturated rings. The maximum Gasteiger partial charge on any atom is 0.233 e. The van der Waals surface area contributed by atoms with Gasteiger partial charge in [-0.3, -0.25) is 4.79 Å². The second-order valence-corrected chi connectivity index (χ2v) is 8.90. The predicted molar refractivity (Wildman–Crippen MR) is 129 cm³/mol. The standard InChI is InChI=1S/C25H30N4O3S/c1-31-21-12-6-7-13-22(21)32-18-23-26-27-25(29(23)17-14-20-10-4-2-5-11-20)33-19-24(30)28-15-8-3-9-16-28/h2,4-7,10-13H,3,8-9,14-19H2,1H3. The first-order chi connectivity index (χ1) is 16.2. The number of amides is 1. The third kappa shape index (κ3) is 6.28. The Morgan fingerprint density at radius 1 is 0.970 bits per heavy atom. The quantitative estimate of drug-likeness (QED) is 0.417. The lowest BCUT2D eigenvalue weighted by atomic mass is 10.1. The highest BCUT2D eigenvalue weighted by Gasteiger charge is 2.19. The number of benzene rings is 2. The Labute approximate surface area is 199 Å². The Hall–Kier alpha value is -3.00. The summed E-state index contributed by atoms with van der Waals surface area (Å²) in [5.41, 5.74) is 1.24. The molecule has 174 valence electrons. The normalized spacial score (nSPS) is 13.7. The van der Waals surface area contributed by atoms with Crippen LogP contribution in [-0.4, -0.2) is 51.5 Å². The molecule has 1 aromatic heterocycles. The number of methoxy groups -OCH3 is 1. The van der Waals surface area contributed by atoms with E-state index in [0.717, 1.165) is 43.3 Å². The average molecular weight is 467 g/mol. The van der Waals surface area contributed by atoms with E-state index < -0.39 is 0 Å². The van der Waals surface area contributed by atoms with Gasteiger partial charge in [-0.05, 0) is 43.4 Å². The Morgan fingerprint density at radius 2 is 1.70 bits per heavy atom. The zero-order valence-electron chi connectivity index (χ0n) is 19.0. The molecule has 0 unspecified atom stereocenters. The first-order valence-electron chi connectivity index (χ1n) is 11.4. The number of ether oxygens (including phenoxy) is 2. The van der Waals surface area contributed by atoms with Crippen molar-refractivity contribution >= 4 is 17.7 Å². The van der Waals surface area contributed by atoms with Gasteiger partial charge in [0, 0.05) is 19.6 Å². The molecule has 0 saturated carbocycles. The van der Waals surface area contributed by atoms with Crippen LogP contribution >= 0.6 is 11.8 Å². The molecule has 0 radical (unpaired) electrons. The molecule has 0 atom stereocenters. The number of carbonyl (C=O) groups excluding carboxylic acids is 1. The Bertz CT molecular complexity index is 1040. The SMILES string of the molecule is COc1ccccc1OCc1nnc(SCC(=O)N2CCCCC2)n1CCc1ccccc1. The lowest BCUT2D eigenvalue weighted by molar-refractivity contribution is -0.129. The maximum atomic E-state index is 12.7. The van der Waals surface area contributed by atoms with Gasteiger partial charge in [-0.2, -0.15) is 0 Å². The van der Waals surface area contributed by atoms with Gasteiger partial charge in [0.05, 0.1) is 12.9 Å². The van der Waals surface area contributed by atoms with E-state index in [-0.39, 0.29) is 12.5 Å². The van der Waals surface area contributed by atoms with Crippen molar-refractivity contribution < 1.29 is 14.3 Å². The van der Waals surface area contributed by atoms with Crippen LogP contribution in [0.5, 0.6) is 11.5 Å². The summed E-state index contributed by atoms with van der Waals surface area (Å²) in [6.45, 7) is 2.70. The summed E-state index contributed by atoms with van der Waals surface area (Å²) in [7, 11) is 1.62. The Balaban J connectivity index is 1.46. The number of para-hydroxylation sites is 2. The first kappa shape index (κ1) is 23.2. The summed E-state index contributed by atoms with van der Waals surface area (Å²) in [6, 6.07) is 17.9. The number of rotatable bonds is 10. The minimum Gasteiger partial charge on any atom is -0.493 e. The van der Waals surface area contributed by atoms with Crippen molar-refractivity contribution in [2.24, 2.45) is 0 Å². The fourth-order valence-corrected chi connectivity index (χ4v) is 4.77. The minimum absolute atomic E-state index is 0.170. The van der Waals surface area contributed by atoms with E-state index in [1.807, 2.05) is 47.4 Å². The zero-order chi connectivity index (χ0) is 22.9. The molecule has 1 aliphatic heterocycles. The van der Waals surface area contributed by atoms with Crippen molar-refractivity contribution in [3.8, 4) is 11.5 Å². The number of piperidine rings is 1. The first-order valence-corrected chi connectivity index (χ1v) is 12.4. The van der Waals surface area contributed by atoms with Gasteiger partial charge in [-0.1, -0.05) is 54.2 Å². The highest BCUT2D eigenvalue weighted by atomic mass is 32.2. The number of carbonyl (C=O) groups is 1. The number of likely N-dealkylation sites (tertiary alicyclic amines) is 1. The van der Waals surface area contributed by atoms with Gasteiger partial charge in [-0.15, -0.1) is 10.2 Å². The van der Waals surface area contributed by atoms with Gasteiger partial charge in [0.2, 0.25) is 5.91 Å². The molecule has 7 nitrogen and oxygen atoms in total. The maximum absolute atomic E-state index is 12.7. The molecule has 2 aromatic carbocycles. The van der Waals surface area contributed by atoms with Crippen molar-refractivity contribution in [1.29, 1.82) is 0 Å². The Morgan fingerprint density at radius 3 is 2.45 bits per heavy atom. The van der Waals surface area contributed by atoms with E-state index in [9.17, 15) is 4.79 Å². The minimum atomic E-state index is 0.170. The summed E-state index contributed by atoms with van der Waals surface area (Å²) in [6.07, 6.45) is 4.23. The second-order valence-electron chi connectivity index (χ2n) is 7.96. The molecule has 1 amide bonds. The third-order valence-electron chi connectivity index (χ3n) is 5.72. The van der Waals surface area contributed by atoms with E-state index in [1.54, 1.807) is 7.11 Å². The van der Waals surface area contributed by atoms with Crippen LogP contribution < -0.4 is 9.47 Å². The van der Waals surface area contributed by atoms with Crippen LogP contribution in [0.1, 0.15) is 30.7 Å². The molecule has 0 spiro atoms. The van der Waals surface area contributed by atoms with Crippen molar-refractivity contribution in [1.82, 2.24) is 19.7 Å². The largest absolute Gasteiger partial charge is 0.493 e. The molecule has 1 aliphatic rings. The highest BCUT2D eigenvalue weighted by Crippen LogP contribution is 2.27. The van der Waals surface area contributed by atoms with Crippen molar-refractivity contribution in [2.75, 3.05) is 26.0 Å². The van der Waals surface area contributed by atoms with Gasteiger partial charge >= 0.3 is 0 Å². The fraction of sp³-hybridized carbons (Fsp3) is 0.400. The number of hydrogen-bond acceptors (Lipinski definition) is 6. The number of nitrogens with zero attached hydrogens (tertiary/aromatic N) is 4. The number of aryl methyl sites for hydroxylation is 1. The van der Waals surface area contributed by atoms with Gasteiger partial charge in [0.25, 0.3) is 0 Å². The van der Waals surface area contributed by atoms with Crippen molar-refractivity contribution in [2.45, 2.75) is 44.0 Å². The van der Waals surface area contributed by atoms with E-state index in [2.05, 4.69) is 26.9 Å². The summed E-state index contributed by atoms with van der Waals surface area (Å²) in [5.74, 6) is 2.60. The molecule has 4 rings (SSSR count). The molecule has 33 heavy (non-hydrogen) atoms. The molecule has 3 aromatic rings. The topological polar surface area (TPSA) is 69.5 Å². The van der Waals surface area contributed by atoms with Crippen LogP contribution in [0.15, 0.2) is 59.8 Å². The van der Waals surface area contributed by atoms with E-state index in [0.29, 0.717) is 23.8 Å². The molecule has 1 saturated heterocycles. The number of thioether (sulfide) groups is 1. The summed E-state index contributed by atoms with van der Waals surface area (Å²) in [4.78, 5) is 14.6. The van der Waals surface area contributed by atoms with Gasteiger partial charge in [0.1, 0.15) is 6.61 Å². The third-order valence-corrected chi connectivity index (χ3v) is 6.67. The van der Waals surface area contributed by atoms with E-state index in [4.69, 9.17) is 9.47 Å². The Kier molecular flexibility index (Phi) is 8.24. The molecular formula is C25H30N4O3S. The van der Waals surface area contributed by atoms with Crippen LogP contribution in [0.4, 0.5) is 0 Å². The van der Waals surface area contributed by atoms with Crippen LogP contribution in [0.2, 0.25) is 0 Å². The van der Waals surface area contributed by atoms with Crippen LogP contribution in [0.3, 0.4) is 0 Å². The monoisotopic (exact) mass is 466 g/mol.